The first kappa shape index (κ1) is 13.8. The van der Waals surface area contributed by atoms with E-state index in [1.165, 1.54) is 38.5 Å². The van der Waals surface area contributed by atoms with Gasteiger partial charge >= 0.3 is 6.18 Å². The molecule has 0 radical (unpaired) electrons. The summed E-state index contributed by atoms with van der Waals surface area (Å²) >= 11 is 0. The maximum Gasteiger partial charge on any atom is 0.416 e. The van der Waals surface area contributed by atoms with E-state index < -0.39 is 11.7 Å². The van der Waals surface area contributed by atoms with E-state index in [-0.39, 0.29) is 0 Å². The summed E-state index contributed by atoms with van der Waals surface area (Å²) in [6, 6.07) is 5.87. The first-order valence-electron chi connectivity index (χ1n) is 7.43. The van der Waals surface area contributed by atoms with E-state index in [2.05, 4.69) is 5.32 Å². The molecule has 2 aliphatic rings. The molecule has 1 nitrogen and oxygen atoms in total. The van der Waals surface area contributed by atoms with Crippen molar-refractivity contribution < 1.29 is 13.2 Å². The van der Waals surface area contributed by atoms with Gasteiger partial charge in [-0.1, -0.05) is 19.3 Å². The van der Waals surface area contributed by atoms with Gasteiger partial charge in [-0.25, -0.2) is 0 Å². The fraction of sp³-hybridized carbons (Fsp3) is 0.625. The van der Waals surface area contributed by atoms with E-state index in [1.807, 2.05) is 0 Å². The minimum atomic E-state index is -4.25. The zero-order chi connectivity index (χ0) is 14.2. The largest absolute Gasteiger partial charge is 0.416 e. The third-order valence-electron chi connectivity index (χ3n) is 5.07. The molecule has 0 amide bonds. The van der Waals surface area contributed by atoms with Crippen molar-refractivity contribution in [2.75, 3.05) is 5.32 Å². The van der Waals surface area contributed by atoms with Gasteiger partial charge in [-0.3, -0.25) is 0 Å². The fourth-order valence-electron chi connectivity index (χ4n) is 3.73. The molecule has 2 saturated carbocycles. The quantitative estimate of drug-likeness (QED) is 0.783. The SMILES string of the molecule is FC(F)(F)c1ccc(NC2CCC23CCCCC3)cc1. The topological polar surface area (TPSA) is 12.0 Å². The standard InChI is InChI=1S/C16H20F3N/c17-16(18,19)12-4-6-13(7-5-12)20-14-8-11-15(14)9-2-1-3-10-15/h4-7,14,20H,1-3,8-11H2. The molecule has 0 heterocycles. The number of hydrogen-bond acceptors (Lipinski definition) is 1. The lowest BCUT2D eigenvalue weighted by molar-refractivity contribution is -0.137. The molecule has 1 N–H and O–H groups in total. The van der Waals surface area contributed by atoms with Gasteiger partial charge in [0.25, 0.3) is 0 Å². The predicted octanol–water partition coefficient (Wildman–Crippen LogP) is 5.23. The molecule has 20 heavy (non-hydrogen) atoms. The molecule has 4 heteroatoms. The van der Waals surface area contributed by atoms with E-state index in [9.17, 15) is 13.2 Å². The van der Waals surface area contributed by atoms with E-state index in [4.69, 9.17) is 0 Å². The molecule has 1 unspecified atom stereocenters. The number of anilines is 1. The molecule has 3 rings (SSSR count). The van der Waals surface area contributed by atoms with Gasteiger partial charge < -0.3 is 5.32 Å². The van der Waals surface area contributed by atoms with Crippen molar-refractivity contribution in [3.63, 3.8) is 0 Å². The van der Waals surface area contributed by atoms with Crippen LogP contribution in [0, 0.1) is 5.41 Å². The lowest BCUT2D eigenvalue weighted by atomic mass is 9.57. The van der Waals surface area contributed by atoms with Crippen molar-refractivity contribution in [1.29, 1.82) is 0 Å². The Kier molecular flexibility index (Phi) is 3.43. The summed E-state index contributed by atoms with van der Waals surface area (Å²) in [5.74, 6) is 0. The predicted molar refractivity (Wildman–Crippen MR) is 73.6 cm³/mol. The third-order valence-corrected chi connectivity index (χ3v) is 5.07. The Bertz CT molecular complexity index is 458. The summed E-state index contributed by atoms with van der Waals surface area (Å²) in [6.07, 6.45) is 4.62. The van der Waals surface area contributed by atoms with Crippen LogP contribution in [0.25, 0.3) is 0 Å². The summed E-state index contributed by atoms with van der Waals surface area (Å²) in [6.45, 7) is 0. The van der Waals surface area contributed by atoms with Gasteiger partial charge in [-0.15, -0.1) is 0 Å². The van der Waals surface area contributed by atoms with Gasteiger partial charge in [0.15, 0.2) is 0 Å². The maximum atomic E-state index is 12.5. The zero-order valence-electron chi connectivity index (χ0n) is 11.5. The van der Waals surface area contributed by atoms with Crippen LogP contribution < -0.4 is 5.32 Å². The molecule has 2 fully saturated rings. The molecule has 2 aliphatic carbocycles. The van der Waals surface area contributed by atoms with E-state index in [0.717, 1.165) is 24.2 Å². The molecule has 1 atom stereocenters. The van der Waals surface area contributed by atoms with Gasteiger partial charge in [0.2, 0.25) is 0 Å². The van der Waals surface area contributed by atoms with Gasteiger partial charge in [-0.05, 0) is 55.4 Å². The Morgan fingerprint density at radius 1 is 0.950 bits per heavy atom. The lowest BCUT2D eigenvalue weighted by Gasteiger charge is -2.52. The van der Waals surface area contributed by atoms with E-state index in [0.29, 0.717) is 11.5 Å². The van der Waals surface area contributed by atoms with Crippen molar-refractivity contribution in [2.24, 2.45) is 5.41 Å². The van der Waals surface area contributed by atoms with Crippen LogP contribution >= 0.6 is 0 Å². The van der Waals surface area contributed by atoms with Crippen LogP contribution in [0.3, 0.4) is 0 Å². The van der Waals surface area contributed by atoms with Crippen molar-refractivity contribution in [1.82, 2.24) is 0 Å². The second kappa shape index (κ2) is 4.97. The smallest absolute Gasteiger partial charge is 0.382 e. The Balaban J connectivity index is 1.66. The molecule has 0 aromatic heterocycles. The monoisotopic (exact) mass is 283 g/mol. The van der Waals surface area contributed by atoms with E-state index in [1.54, 1.807) is 12.1 Å². The Hall–Kier alpha value is -1.19. The molecular weight excluding hydrogens is 263 g/mol. The lowest BCUT2D eigenvalue weighted by Crippen LogP contribution is -2.50. The number of halogens is 3. The highest BCUT2D eigenvalue weighted by atomic mass is 19.4. The van der Waals surface area contributed by atoms with Gasteiger partial charge in [0.05, 0.1) is 5.56 Å². The fourth-order valence-corrected chi connectivity index (χ4v) is 3.73. The Morgan fingerprint density at radius 3 is 2.10 bits per heavy atom. The first-order chi connectivity index (χ1) is 9.50. The minimum absolute atomic E-state index is 0.418. The van der Waals surface area contributed by atoms with Crippen LogP contribution in [-0.2, 0) is 6.18 Å². The number of nitrogens with one attached hydrogen (secondary N) is 1. The minimum Gasteiger partial charge on any atom is -0.382 e. The molecule has 1 aromatic carbocycles. The van der Waals surface area contributed by atoms with Crippen molar-refractivity contribution >= 4 is 5.69 Å². The normalized spacial score (nSPS) is 25.2. The van der Waals surface area contributed by atoms with Gasteiger partial charge in [-0.2, -0.15) is 13.2 Å². The van der Waals surface area contributed by atoms with Crippen LogP contribution in [0.5, 0.6) is 0 Å². The summed E-state index contributed by atoms with van der Waals surface area (Å²) in [5, 5.41) is 3.45. The molecule has 0 aliphatic heterocycles. The average molecular weight is 283 g/mol. The molecule has 0 bridgehead atoms. The van der Waals surface area contributed by atoms with Crippen LogP contribution in [-0.4, -0.2) is 6.04 Å². The van der Waals surface area contributed by atoms with Crippen LogP contribution in [0.15, 0.2) is 24.3 Å². The highest BCUT2D eigenvalue weighted by Gasteiger charge is 2.46. The molecule has 110 valence electrons. The number of hydrogen-bond donors (Lipinski definition) is 1. The van der Waals surface area contributed by atoms with Gasteiger partial charge in [0.1, 0.15) is 0 Å². The van der Waals surface area contributed by atoms with E-state index >= 15 is 0 Å². The second-order valence-electron chi connectivity index (χ2n) is 6.23. The zero-order valence-corrected chi connectivity index (χ0v) is 11.5. The number of benzene rings is 1. The number of alkyl halides is 3. The molecule has 1 aromatic rings. The number of rotatable bonds is 2. The summed E-state index contributed by atoms with van der Waals surface area (Å²) in [7, 11) is 0. The van der Waals surface area contributed by atoms with Crippen LogP contribution in [0.1, 0.15) is 50.5 Å². The summed E-state index contributed by atoms with van der Waals surface area (Å²) in [5.41, 5.74) is 0.651. The highest BCUT2D eigenvalue weighted by Crippen LogP contribution is 2.52. The third kappa shape index (κ3) is 2.52. The Morgan fingerprint density at radius 2 is 1.60 bits per heavy atom. The van der Waals surface area contributed by atoms with Crippen molar-refractivity contribution in [2.45, 2.75) is 57.2 Å². The van der Waals surface area contributed by atoms with Crippen molar-refractivity contribution in [3.05, 3.63) is 29.8 Å². The van der Waals surface area contributed by atoms with Crippen LogP contribution in [0.4, 0.5) is 18.9 Å². The molecule has 1 spiro atoms. The van der Waals surface area contributed by atoms with Crippen LogP contribution in [0.2, 0.25) is 0 Å². The maximum absolute atomic E-state index is 12.5. The summed E-state index contributed by atoms with van der Waals surface area (Å²) in [4.78, 5) is 0. The summed E-state index contributed by atoms with van der Waals surface area (Å²) < 4.78 is 37.6. The average Bonchev–Trinajstić information content (AvgIpc) is 2.44. The Labute approximate surface area is 117 Å². The molecular formula is C16H20F3N. The molecule has 0 saturated heterocycles. The second-order valence-corrected chi connectivity index (χ2v) is 6.23. The van der Waals surface area contributed by atoms with Crippen molar-refractivity contribution in [3.8, 4) is 0 Å². The van der Waals surface area contributed by atoms with Gasteiger partial charge in [0, 0.05) is 11.7 Å². The first-order valence-corrected chi connectivity index (χ1v) is 7.43. The highest BCUT2D eigenvalue weighted by molar-refractivity contribution is 5.47.